The lowest BCUT2D eigenvalue weighted by Crippen LogP contribution is -2.56. The van der Waals surface area contributed by atoms with Crippen LogP contribution in [0.5, 0.6) is 0 Å². The third-order valence-corrected chi connectivity index (χ3v) is 12.2. The smallest absolute Gasteiger partial charge is 0.245 e. The molecule has 72 heavy (non-hydrogen) atoms. The number of hydrogen-bond acceptors (Lipinski definition) is 11. The number of nitrogens with one attached hydrogen (secondary N) is 6. The van der Waals surface area contributed by atoms with E-state index in [0.29, 0.717) is 18.4 Å². The van der Waals surface area contributed by atoms with Crippen LogP contribution in [0.4, 0.5) is 0 Å². The van der Waals surface area contributed by atoms with Crippen molar-refractivity contribution in [3.63, 3.8) is 0 Å². The Labute approximate surface area is 418 Å². The maximum Gasteiger partial charge on any atom is 0.245 e. The number of nitrogens with two attached hydrogens (primary N) is 5. The summed E-state index contributed by atoms with van der Waals surface area (Å²) in [6.07, 6.45) is 1.98. The Kier molecular flexibility index (Phi) is 22.6. The second kappa shape index (κ2) is 28.7. The minimum Gasteiger partial charge on any atom is -0.370 e. The van der Waals surface area contributed by atoms with Gasteiger partial charge < -0.3 is 65.1 Å². The van der Waals surface area contributed by atoms with Gasteiger partial charge in [0.2, 0.25) is 41.4 Å². The molecule has 0 aliphatic carbocycles. The van der Waals surface area contributed by atoms with E-state index in [0.717, 1.165) is 21.4 Å². The van der Waals surface area contributed by atoms with Crippen LogP contribution in [-0.4, -0.2) is 132 Å². The number of Topliss-reactive ketones (excluding diaryl/α,β-unsaturated/α-hetero) is 2. The molecule has 0 unspecified atom stereocenters. The molecule has 23 nitrogen and oxygen atoms in total. The van der Waals surface area contributed by atoms with Crippen molar-refractivity contribution in [2.75, 3.05) is 33.2 Å². The van der Waals surface area contributed by atoms with Crippen molar-refractivity contribution >= 4 is 75.7 Å². The molecule has 23 heteroatoms. The van der Waals surface area contributed by atoms with Gasteiger partial charge in [0, 0.05) is 75.4 Å². The van der Waals surface area contributed by atoms with E-state index >= 15 is 0 Å². The van der Waals surface area contributed by atoms with E-state index < -0.39 is 102 Å². The number of likely N-dealkylation sites (N-methyl/N-ethyl adjacent to an activating group) is 1. The largest absolute Gasteiger partial charge is 0.370 e. The molecule has 2 aromatic carbocycles. The van der Waals surface area contributed by atoms with Gasteiger partial charge in [-0.2, -0.15) is 0 Å². The van der Waals surface area contributed by atoms with Gasteiger partial charge in [-0.1, -0.05) is 48.5 Å². The first-order valence-electron chi connectivity index (χ1n) is 24.0. The number of H-pyrrole nitrogens is 1. The fourth-order valence-electron chi connectivity index (χ4n) is 8.46. The molecule has 7 amide bonds. The zero-order valence-corrected chi connectivity index (χ0v) is 41.0. The molecule has 2 heterocycles. The van der Waals surface area contributed by atoms with E-state index in [4.69, 9.17) is 28.7 Å². The van der Waals surface area contributed by atoms with E-state index in [-0.39, 0.29) is 89.3 Å². The number of aromatic amines is 1. The predicted octanol–water partition coefficient (Wildman–Crippen LogP) is -1.20. The van der Waals surface area contributed by atoms with Crippen LogP contribution in [-0.2, 0) is 56.0 Å². The number of nitrogens with zero attached hydrogens (tertiary/aromatic N) is 3. The first-order chi connectivity index (χ1) is 34.3. The van der Waals surface area contributed by atoms with Crippen molar-refractivity contribution in [1.29, 1.82) is 0 Å². The van der Waals surface area contributed by atoms with Gasteiger partial charge >= 0.3 is 0 Å². The van der Waals surface area contributed by atoms with Crippen LogP contribution in [0, 0.1) is 11.8 Å². The van der Waals surface area contributed by atoms with Crippen LogP contribution < -0.4 is 55.3 Å². The summed E-state index contributed by atoms with van der Waals surface area (Å²) < 4.78 is 0. The van der Waals surface area contributed by atoms with Gasteiger partial charge in [0.05, 0.1) is 19.0 Å². The van der Waals surface area contributed by atoms with Crippen LogP contribution in [0.15, 0.2) is 70.8 Å². The zero-order valence-electron chi connectivity index (χ0n) is 41.0. The van der Waals surface area contributed by atoms with Gasteiger partial charge in [0.1, 0.15) is 23.9 Å². The monoisotopic (exact) mass is 999 g/mol. The average molecular weight is 999 g/mol. The Morgan fingerprint density at radius 2 is 1.44 bits per heavy atom. The quantitative estimate of drug-likeness (QED) is 0.0457. The number of rotatable bonds is 16. The van der Waals surface area contributed by atoms with E-state index in [1.165, 1.54) is 14.0 Å². The van der Waals surface area contributed by atoms with Gasteiger partial charge in [-0.25, -0.2) is 0 Å². The summed E-state index contributed by atoms with van der Waals surface area (Å²) in [4.78, 5) is 136. The highest BCUT2D eigenvalue weighted by Gasteiger charge is 2.34. The van der Waals surface area contributed by atoms with Gasteiger partial charge in [-0.05, 0) is 75.0 Å². The molecule has 6 atom stereocenters. The van der Waals surface area contributed by atoms with Gasteiger partial charge in [-0.3, -0.25) is 53.1 Å². The van der Waals surface area contributed by atoms with E-state index in [1.54, 1.807) is 36.5 Å². The maximum atomic E-state index is 14.6. The lowest BCUT2D eigenvalue weighted by atomic mass is 9.83. The SMILES string of the molecule is CC(=O)N[C@@H](CCCN=C(N)N)C(=O)N[C@H]1CC(=O)NCCCC[C@@H](C(N)=O)NC(=O)[C@H](Cc2c[nH]c3ccccc23)CC(=O)[C@H](CCCN=C(N)N)CC(=O)[C@@H](Cc2ccccc2)NC(=O)CN(C)C1=O. The summed E-state index contributed by atoms with van der Waals surface area (Å²) in [6.45, 7) is 0.922. The highest BCUT2D eigenvalue weighted by atomic mass is 16.2. The van der Waals surface area contributed by atoms with E-state index in [1.807, 2.05) is 24.3 Å². The third kappa shape index (κ3) is 19.2. The van der Waals surface area contributed by atoms with Crippen LogP contribution in [0.2, 0.25) is 0 Å². The molecule has 16 N–H and O–H groups in total. The summed E-state index contributed by atoms with van der Waals surface area (Å²) >= 11 is 0. The summed E-state index contributed by atoms with van der Waals surface area (Å²) in [5.74, 6) is -8.28. The van der Waals surface area contributed by atoms with Crippen LogP contribution in [0.1, 0.15) is 82.3 Å². The van der Waals surface area contributed by atoms with Crippen molar-refractivity contribution in [2.24, 2.45) is 50.5 Å². The van der Waals surface area contributed by atoms with Gasteiger partial charge in [-0.15, -0.1) is 0 Å². The Morgan fingerprint density at radius 1 is 0.778 bits per heavy atom. The fraction of sp³-hybridized carbons (Fsp3) is 0.490. The molecular formula is C49H70N14O9. The Bertz CT molecular complexity index is 2430. The minimum atomic E-state index is -1.54. The number of carbonyl (C=O) groups is 9. The first kappa shape index (κ1) is 56.7. The number of aliphatic imine (C=N–C) groups is 2. The third-order valence-electron chi connectivity index (χ3n) is 12.2. The number of guanidine groups is 2. The van der Waals surface area contributed by atoms with E-state index in [9.17, 15) is 43.2 Å². The number of benzene rings is 2. The first-order valence-corrected chi connectivity index (χ1v) is 24.0. The fourth-order valence-corrected chi connectivity index (χ4v) is 8.46. The minimum absolute atomic E-state index is 0.00462. The summed E-state index contributed by atoms with van der Waals surface area (Å²) in [5, 5.41) is 14.1. The Morgan fingerprint density at radius 3 is 2.12 bits per heavy atom. The summed E-state index contributed by atoms with van der Waals surface area (Å²) in [6, 6.07) is 11.2. The van der Waals surface area contributed by atoms with Crippen LogP contribution in [0.3, 0.4) is 0 Å². The molecule has 1 aromatic heterocycles. The molecule has 0 saturated carbocycles. The number of primary amides is 1. The molecule has 0 spiro atoms. The van der Waals surface area contributed by atoms with E-state index in [2.05, 4.69) is 41.6 Å². The number of fused-ring (bicyclic) bond motifs is 1. The predicted molar refractivity (Wildman–Crippen MR) is 270 cm³/mol. The molecular weight excluding hydrogens is 929 g/mol. The topological polar surface area (TPSA) is 388 Å². The van der Waals surface area contributed by atoms with Crippen molar-refractivity contribution < 1.29 is 43.2 Å². The second-order valence-electron chi connectivity index (χ2n) is 18.0. The number of ketones is 2. The normalized spacial score (nSPS) is 20.8. The van der Waals surface area contributed by atoms with Crippen LogP contribution >= 0.6 is 0 Å². The van der Waals surface area contributed by atoms with Crippen molar-refractivity contribution in [2.45, 2.75) is 108 Å². The summed E-state index contributed by atoms with van der Waals surface area (Å²) in [7, 11) is 1.29. The molecule has 1 saturated heterocycles. The lowest BCUT2D eigenvalue weighted by molar-refractivity contribution is -0.140. The summed E-state index contributed by atoms with van der Waals surface area (Å²) in [5.41, 5.74) is 30.0. The molecule has 1 aliphatic rings. The van der Waals surface area contributed by atoms with Crippen molar-refractivity contribution in [3.05, 3.63) is 71.9 Å². The zero-order chi connectivity index (χ0) is 52.7. The highest BCUT2D eigenvalue weighted by Crippen LogP contribution is 2.26. The van der Waals surface area contributed by atoms with Crippen molar-refractivity contribution in [3.8, 4) is 0 Å². The van der Waals surface area contributed by atoms with Crippen LogP contribution in [0.25, 0.3) is 10.9 Å². The molecule has 0 bridgehead atoms. The van der Waals surface area contributed by atoms with Gasteiger partial charge in [0.15, 0.2) is 17.7 Å². The molecule has 0 radical (unpaired) electrons. The Hall–Kier alpha value is -7.85. The highest BCUT2D eigenvalue weighted by molar-refractivity contribution is 5.98. The number of carbonyl (C=O) groups excluding carboxylic acids is 9. The number of amides is 7. The maximum absolute atomic E-state index is 14.6. The van der Waals surface area contributed by atoms with Gasteiger partial charge in [0.25, 0.3) is 0 Å². The molecule has 390 valence electrons. The Balaban J connectivity index is 1.71. The molecule has 4 rings (SSSR count). The standard InChI is InChI=1S/C49H70N14O9/c1-29(64)59-37(18-11-21-57-49(53)54)46(71)62-39-26-42(67)55-19-9-8-17-36(44(50)69)61-45(70)32(23-33-27-58-35-16-7-6-15-34(33)35)25-40(65)31(14-10-20-56-48(51)52)24-41(66)38(22-30-12-4-3-5-13-30)60-43(68)28-63(2)47(39)72/h3-7,12-13,15-16,27,31-32,36-39,58H,8-11,14,17-26,28H2,1-2H3,(H2,50,69)(H,55,67)(H,59,64)(H,60,68)(H,61,70)(H,62,71)(H4,51,52,56)(H4,53,54,57)/t31-,32-,36+,37+,38-,39+/m1/s1. The molecule has 1 aliphatic heterocycles. The average Bonchev–Trinajstić information content (AvgIpc) is 3.73. The lowest BCUT2D eigenvalue weighted by Gasteiger charge is -2.27. The number of hydrogen-bond donors (Lipinski definition) is 11. The molecule has 1 fully saturated rings. The number of para-hydroxylation sites is 1. The number of aromatic nitrogens is 1. The van der Waals surface area contributed by atoms with Crippen molar-refractivity contribution in [1.82, 2.24) is 36.5 Å². The molecule has 3 aromatic rings. The second-order valence-corrected chi connectivity index (χ2v) is 18.0.